The molecule has 0 radical (unpaired) electrons. The van der Waals surface area contributed by atoms with Gasteiger partial charge in [0.25, 0.3) is 0 Å². The molecule has 0 saturated heterocycles. The molecule has 0 bridgehead atoms. The van der Waals surface area contributed by atoms with E-state index in [1.807, 2.05) is 18.2 Å². The van der Waals surface area contributed by atoms with Crippen LogP contribution in [0.4, 0.5) is 0 Å². The summed E-state index contributed by atoms with van der Waals surface area (Å²) in [5.41, 5.74) is 0.979. The zero-order valence-corrected chi connectivity index (χ0v) is 11.4. The predicted octanol–water partition coefficient (Wildman–Crippen LogP) is 4.67. The summed E-state index contributed by atoms with van der Waals surface area (Å²) in [6, 6.07) is 5.45. The van der Waals surface area contributed by atoms with E-state index in [1.165, 1.54) is 6.92 Å². The van der Waals surface area contributed by atoms with E-state index in [0.717, 1.165) is 37.3 Å². The second kappa shape index (κ2) is 6.45. The Morgan fingerprint density at radius 1 is 1.31 bits per heavy atom. The third-order valence-electron chi connectivity index (χ3n) is 1.89. The highest BCUT2D eigenvalue weighted by Crippen LogP contribution is 2.36. The summed E-state index contributed by atoms with van der Waals surface area (Å²) >= 11 is 0. The molecule has 0 heterocycles. The first-order chi connectivity index (χ1) is 7.60. The van der Waals surface area contributed by atoms with Crippen LogP contribution in [0, 0.1) is 0 Å². The fraction of sp³-hybridized carbons (Fsp3) is 0.100. The highest BCUT2D eigenvalue weighted by Gasteiger charge is 2.09. The molecule has 0 fully saturated rings. The maximum Gasteiger partial charge on any atom is 0.331 e. The molecule has 1 N–H and O–H groups in total. The topological polar surface area (TPSA) is 37.3 Å². The molecule has 6 heteroatoms. The lowest BCUT2D eigenvalue weighted by Gasteiger charge is -2.06. The highest BCUT2D eigenvalue weighted by molar-refractivity contribution is 8.21. The minimum atomic E-state index is -0.958. The van der Waals surface area contributed by atoms with Crippen LogP contribution < -0.4 is 0 Å². The Morgan fingerprint density at radius 3 is 2.19 bits per heavy atom. The van der Waals surface area contributed by atoms with Crippen LogP contribution in [0.5, 0.6) is 0 Å². The molecule has 0 aliphatic carbocycles. The van der Waals surface area contributed by atoms with Crippen molar-refractivity contribution in [1.82, 2.24) is 0 Å². The summed E-state index contributed by atoms with van der Waals surface area (Å²) < 4.78 is 0. The Hall–Kier alpha value is -0.290. The van der Waals surface area contributed by atoms with Crippen LogP contribution in [-0.2, 0) is 4.79 Å². The summed E-state index contributed by atoms with van der Waals surface area (Å²) in [5.74, 6) is -0.958. The highest BCUT2D eigenvalue weighted by atomic mass is 35.7. The maximum absolute atomic E-state index is 10.8. The third-order valence-corrected chi connectivity index (χ3v) is 3.93. The number of hydrogen-bond acceptors (Lipinski definition) is 3. The second-order valence-electron chi connectivity index (χ2n) is 2.95. The van der Waals surface area contributed by atoms with Gasteiger partial charge in [-0.25, -0.2) is 4.79 Å². The fourth-order valence-corrected chi connectivity index (χ4v) is 2.71. The first kappa shape index (κ1) is 13.8. The lowest BCUT2D eigenvalue weighted by atomic mass is 10.1. The molecular weight excluding hydrogens is 287 g/mol. The maximum atomic E-state index is 10.8. The van der Waals surface area contributed by atoms with Crippen molar-refractivity contribution >= 4 is 55.4 Å². The molecule has 2 nitrogen and oxygen atoms in total. The Kier molecular flexibility index (Phi) is 5.55. The van der Waals surface area contributed by atoms with E-state index in [4.69, 9.17) is 26.5 Å². The molecule has 0 atom stereocenters. The van der Waals surface area contributed by atoms with Gasteiger partial charge in [0.05, 0.1) is 0 Å². The van der Waals surface area contributed by atoms with Crippen LogP contribution >= 0.6 is 43.3 Å². The van der Waals surface area contributed by atoms with Gasteiger partial charge in [-0.3, -0.25) is 0 Å². The van der Waals surface area contributed by atoms with Crippen molar-refractivity contribution in [3.05, 3.63) is 29.3 Å². The van der Waals surface area contributed by atoms with Crippen molar-refractivity contribution in [2.45, 2.75) is 16.7 Å². The van der Waals surface area contributed by atoms with Gasteiger partial charge in [-0.15, -0.1) is 0 Å². The quantitative estimate of drug-likeness (QED) is 0.819. The molecule has 86 valence electrons. The van der Waals surface area contributed by atoms with E-state index in [2.05, 4.69) is 0 Å². The molecule has 1 aromatic carbocycles. The molecular formula is C10H8Cl2O2S2. The number of halogens is 2. The van der Waals surface area contributed by atoms with Gasteiger partial charge in [0, 0.05) is 20.9 Å². The van der Waals surface area contributed by atoms with Gasteiger partial charge in [-0.05, 0) is 68.4 Å². The minimum Gasteiger partial charge on any atom is -0.478 e. The number of carboxylic acids is 1. The predicted molar refractivity (Wildman–Crippen MR) is 71.1 cm³/mol. The Balaban J connectivity index is 3.29. The number of benzene rings is 1. The summed E-state index contributed by atoms with van der Waals surface area (Å²) in [6.07, 6.45) is 1.57. The molecule has 0 aliphatic heterocycles. The third kappa shape index (κ3) is 3.35. The van der Waals surface area contributed by atoms with Gasteiger partial charge in [0.15, 0.2) is 0 Å². The second-order valence-corrected chi connectivity index (χ2v) is 5.07. The van der Waals surface area contributed by atoms with Crippen molar-refractivity contribution in [3.63, 3.8) is 0 Å². The van der Waals surface area contributed by atoms with Gasteiger partial charge in [0.2, 0.25) is 0 Å². The summed E-state index contributed by atoms with van der Waals surface area (Å²) in [6.45, 7) is 1.53. The van der Waals surface area contributed by atoms with Crippen molar-refractivity contribution in [2.75, 3.05) is 0 Å². The number of carboxylic acid groups (broad SMARTS) is 1. The number of hydrogen-bond donors (Lipinski definition) is 1. The molecule has 1 aromatic rings. The zero-order valence-electron chi connectivity index (χ0n) is 8.24. The zero-order chi connectivity index (χ0) is 12.1. The molecule has 0 amide bonds. The van der Waals surface area contributed by atoms with Crippen molar-refractivity contribution in [2.24, 2.45) is 0 Å². The van der Waals surface area contributed by atoms with E-state index in [1.54, 1.807) is 6.08 Å². The Morgan fingerprint density at radius 2 is 1.81 bits per heavy atom. The van der Waals surface area contributed by atoms with E-state index in [9.17, 15) is 4.79 Å². The number of carbonyl (C=O) groups is 1. The van der Waals surface area contributed by atoms with Gasteiger partial charge in [-0.2, -0.15) is 0 Å². The van der Waals surface area contributed by atoms with Crippen molar-refractivity contribution in [1.29, 1.82) is 0 Å². The van der Waals surface area contributed by atoms with Crippen LogP contribution in [-0.4, -0.2) is 11.1 Å². The van der Waals surface area contributed by atoms with Crippen LogP contribution in [0.3, 0.4) is 0 Å². The van der Waals surface area contributed by atoms with Crippen LogP contribution in [0.2, 0.25) is 0 Å². The smallest absolute Gasteiger partial charge is 0.331 e. The normalized spacial score (nSPS) is 11.6. The summed E-state index contributed by atoms with van der Waals surface area (Å²) in [7, 11) is 13.5. The molecule has 0 aliphatic rings. The average molecular weight is 295 g/mol. The summed E-state index contributed by atoms with van der Waals surface area (Å²) in [5, 5.41) is 8.82. The molecule has 0 saturated carbocycles. The van der Waals surface area contributed by atoms with Crippen LogP contribution in [0.15, 0.2) is 33.6 Å². The lowest BCUT2D eigenvalue weighted by molar-refractivity contribution is -0.132. The number of aliphatic carboxylic acids is 1. The van der Waals surface area contributed by atoms with Crippen LogP contribution in [0.1, 0.15) is 12.5 Å². The minimum absolute atomic E-state index is 0.241. The Bertz CT molecular complexity index is 411. The lowest BCUT2D eigenvalue weighted by Crippen LogP contribution is -1.96. The van der Waals surface area contributed by atoms with E-state index < -0.39 is 5.97 Å². The van der Waals surface area contributed by atoms with E-state index >= 15 is 0 Å². The molecule has 1 rings (SSSR count). The van der Waals surface area contributed by atoms with Crippen molar-refractivity contribution in [3.8, 4) is 0 Å². The first-order valence-corrected chi connectivity index (χ1v) is 7.50. The Labute approximate surface area is 111 Å². The van der Waals surface area contributed by atoms with Crippen molar-refractivity contribution < 1.29 is 9.90 Å². The summed E-state index contributed by atoms with van der Waals surface area (Å²) in [4.78, 5) is 12.3. The SMILES string of the molecule is CC(=Cc1c(SCl)cccc1SCl)C(=O)O. The van der Waals surface area contributed by atoms with Gasteiger partial charge >= 0.3 is 5.97 Å². The van der Waals surface area contributed by atoms with Gasteiger partial charge in [-0.1, -0.05) is 6.07 Å². The number of rotatable bonds is 4. The molecule has 0 unspecified atom stereocenters. The van der Waals surface area contributed by atoms with Crippen LogP contribution in [0.25, 0.3) is 6.08 Å². The average Bonchev–Trinajstić information content (AvgIpc) is 2.29. The van der Waals surface area contributed by atoms with E-state index in [0.29, 0.717) is 0 Å². The fourth-order valence-electron chi connectivity index (χ4n) is 1.08. The van der Waals surface area contributed by atoms with Gasteiger partial charge in [0.1, 0.15) is 0 Å². The van der Waals surface area contributed by atoms with E-state index in [-0.39, 0.29) is 5.57 Å². The molecule has 0 spiro atoms. The monoisotopic (exact) mass is 294 g/mol. The first-order valence-electron chi connectivity index (χ1n) is 4.22. The molecule has 16 heavy (non-hydrogen) atoms. The largest absolute Gasteiger partial charge is 0.478 e. The standard InChI is InChI=1S/C10H8Cl2O2S2/c1-6(10(13)14)5-7-8(15-11)3-2-4-9(7)16-12/h2-5H,1H3,(H,13,14). The molecule has 0 aromatic heterocycles. The van der Waals surface area contributed by atoms with Gasteiger partial charge < -0.3 is 5.11 Å².